The monoisotopic (exact) mass is 292 g/mol. The minimum atomic E-state index is -0.342. The number of nitrogens with zero attached hydrogens (tertiary/aromatic N) is 1. The number of carbonyl (C=O) groups is 2. The highest BCUT2D eigenvalue weighted by atomic mass is 19.1. The minimum absolute atomic E-state index is 0.0466. The van der Waals surface area contributed by atoms with Crippen LogP contribution in [0.25, 0.3) is 0 Å². The van der Waals surface area contributed by atoms with Crippen molar-refractivity contribution in [3.8, 4) is 0 Å². The number of carbonyl (C=O) groups excluding carboxylic acids is 2. The third kappa shape index (κ3) is 4.28. The van der Waals surface area contributed by atoms with Gasteiger partial charge in [0.05, 0.1) is 5.92 Å². The lowest BCUT2D eigenvalue weighted by atomic mass is 10.1. The first-order chi connectivity index (χ1) is 10.1. The van der Waals surface area contributed by atoms with Crippen LogP contribution in [-0.2, 0) is 9.59 Å². The molecule has 1 aromatic carbocycles. The van der Waals surface area contributed by atoms with E-state index in [1.165, 1.54) is 24.3 Å². The van der Waals surface area contributed by atoms with Gasteiger partial charge >= 0.3 is 0 Å². The van der Waals surface area contributed by atoms with Gasteiger partial charge in [0, 0.05) is 25.2 Å². The highest BCUT2D eigenvalue weighted by Gasteiger charge is 2.33. The molecule has 0 spiro atoms. The zero-order chi connectivity index (χ0) is 15.2. The van der Waals surface area contributed by atoms with Gasteiger partial charge in [0.25, 0.3) is 0 Å². The summed E-state index contributed by atoms with van der Waals surface area (Å²) >= 11 is 0. The van der Waals surface area contributed by atoms with Crippen LogP contribution in [0.5, 0.6) is 0 Å². The van der Waals surface area contributed by atoms with Crippen LogP contribution in [0.15, 0.2) is 24.3 Å². The summed E-state index contributed by atoms with van der Waals surface area (Å²) in [6.45, 7) is 3.33. The van der Waals surface area contributed by atoms with Crippen molar-refractivity contribution < 1.29 is 14.0 Å². The third-order valence-electron chi connectivity index (χ3n) is 3.73. The zero-order valence-electron chi connectivity index (χ0n) is 12.3. The first-order valence-corrected chi connectivity index (χ1v) is 7.44. The molecule has 0 unspecified atom stereocenters. The summed E-state index contributed by atoms with van der Waals surface area (Å²) < 4.78 is 12.8. The number of likely N-dealkylation sites (tertiary alicyclic amines) is 1. The molecule has 2 amide bonds. The van der Waals surface area contributed by atoms with Gasteiger partial charge in [0.1, 0.15) is 5.82 Å². The van der Waals surface area contributed by atoms with Crippen LogP contribution >= 0.6 is 0 Å². The summed E-state index contributed by atoms with van der Waals surface area (Å²) in [5.41, 5.74) is 0.554. The molecule has 5 heteroatoms. The molecule has 0 aromatic heterocycles. The van der Waals surface area contributed by atoms with Crippen LogP contribution < -0.4 is 5.32 Å². The number of benzene rings is 1. The minimum Gasteiger partial charge on any atom is -0.342 e. The molecule has 1 saturated heterocycles. The maximum absolute atomic E-state index is 12.8. The predicted octanol–water partition coefficient (Wildman–Crippen LogP) is 2.80. The van der Waals surface area contributed by atoms with E-state index in [2.05, 4.69) is 12.2 Å². The number of anilines is 1. The molecule has 21 heavy (non-hydrogen) atoms. The SMILES string of the molecule is CCCCCN1C[C@@H](C(=O)Nc2ccc(F)cc2)CC1=O. The second-order valence-corrected chi connectivity index (χ2v) is 5.44. The van der Waals surface area contributed by atoms with Gasteiger partial charge in [-0.25, -0.2) is 4.39 Å². The van der Waals surface area contributed by atoms with Crippen molar-refractivity contribution in [3.05, 3.63) is 30.1 Å². The van der Waals surface area contributed by atoms with Gasteiger partial charge in [0.2, 0.25) is 11.8 Å². The quantitative estimate of drug-likeness (QED) is 0.820. The molecular weight excluding hydrogens is 271 g/mol. The van der Waals surface area contributed by atoms with Gasteiger partial charge in [-0.2, -0.15) is 0 Å². The molecule has 1 N–H and O–H groups in total. The largest absolute Gasteiger partial charge is 0.342 e. The Kier molecular flexibility index (Phi) is 5.31. The summed E-state index contributed by atoms with van der Waals surface area (Å²) in [5.74, 6) is -0.784. The molecule has 1 fully saturated rings. The van der Waals surface area contributed by atoms with Crippen molar-refractivity contribution >= 4 is 17.5 Å². The highest BCUT2D eigenvalue weighted by molar-refractivity contribution is 5.97. The maximum atomic E-state index is 12.8. The average Bonchev–Trinajstić information content (AvgIpc) is 2.83. The highest BCUT2D eigenvalue weighted by Crippen LogP contribution is 2.20. The lowest BCUT2D eigenvalue weighted by Gasteiger charge is -2.16. The number of unbranched alkanes of at least 4 members (excludes halogenated alkanes) is 2. The standard InChI is InChI=1S/C16H21FN2O2/c1-2-3-4-9-19-11-12(10-15(19)20)16(21)18-14-7-5-13(17)6-8-14/h5-8,12H,2-4,9-11H2,1H3,(H,18,21)/t12-/m0/s1. The Morgan fingerprint density at radius 3 is 2.71 bits per heavy atom. The Hall–Kier alpha value is -1.91. The second kappa shape index (κ2) is 7.20. The van der Waals surface area contributed by atoms with E-state index in [1.807, 2.05) is 0 Å². The number of halogens is 1. The van der Waals surface area contributed by atoms with Crippen LogP contribution in [0.2, 0.25) is 0 Å². The van der Waals surface area contributed by atoms with Crippen LogP contribution in [-0.4, -0.2) is 29.8 Å². The summed E-state index contributed by atoms with van der Waals surface area (Å²) in [4.78, 5) is 25.8. The number of hydrogen-bond acceptors (Lipinski definition) is 2. The third-order valence-corrected chi connectivity index (χ3v) is 3.73. The molecular formula is C16H21FN2O2. The van der Waals surface area contributed by atoms with Gasteiger partial charge in [-0.15, -0.1) is 0 Å². The molecule has 0 saturated carbocycles. The molecule has 0 aliphatic carbocycles. The molecule has 0 bridgehead atoms. The van der Waals surface area contributed by atoms with E-state index in [4.69, 9.17) is 0 Å². The summed E-state index contributed by atoms with van der Waals surface area (Å²) in [7, 11) is 0. The smallest absolute Gasteiger partial charge is 0.229 e. The Bertz CT molecular complexity index is 502. The molecule has 114 valence electrons. The predicted molar refractivity (Wildman–Crippen MR) is 79.2 cm³/mol. The lowest BCUT2D eigenvalue weighted by Crippen LogP contribution is -2.29. The topological polar surface area (TPSA) is 49.4 Å². The van der Waals surface area contributed by atoms with Gasteiger partial charge < -0.3 is 10.2 Å². The van der Waals surface area contributed by atoms with Gasteiger partial charge in [0.15, 0.2) is 0 Å². The lowest BCUT2D eigenvalue weighted by molar-refractivity contribution is -0.128. The Morgan fingerprint density at radius 2 is 2.05 bits per heavy atom. The summed E-state index contributed by atoms with van der Waals surface area (Å²) in [6, 6.07) is 5.63. The summed E-state index contributed by atoms with van der Waals surface area (Å²) in [6.07, 6.45) is 3.44. The van der Waals surface area contributed by atoms with Crippen molar-refractivity contribution in [1.29, 1.82) is 0 Å². The van der Waals surface area contributed by atoms with Crippen molar-refractivity contribution in [3.63, 3.8) is 0 Å². The van der Waals surface area contributed by atoms with Crippen LogP contribution in [0.3, 0.4) is 0 Å². The number of nitrogens with one attached hydrogen (secondary N) is 1. The number of rotatable bonds is 6. The Balaban J connectivity index is 1.86. The van der Waals surface area contributed by atoms with Gasteiger partial charge in [-0.05, 0) is 30.7 Å². The van der Waals surface area contributed by atoms with E-state index in [1.54, 1.807) is 4.90 Å². The van der Waals surface area contributed by atoms with Crippen LogP contribution in [0.4, 0.5) is 10.1 Å². The number of hydrogen-bond donors (Lipinski definition) is 1. The molecule has 1 aromatic rings. The van der Waals surface area contributed by atoms with E-state index in [-0.39, 0.29) is 30.0 Å². The molecule has 4 nitrogen and oxygen atoms in total. The molecule has 1 atom stereocenters. The first kappa shape index (κ1) is 15.5. The first-order valence-electron chi connectivity index (χ1n) is 7.44. The van der Waals surface area contributed by atoms with E-state index < -0.39 is 0 Å². The number of amides is 2. The van der Waals surface area contributed by atoms with Crippen LogP contribution in [0.1, 0.15) is 32.6 Å². The Labute approximate surface area is 124 Å². The van der Waals surface area contributed by atoms with E-state index >= 15 is 0 Å². The zero-order valence-corrected chi connectivity index (χ0v) is 12.3. The fraction of sp³-hybridized carbons (Fsp3) is 0.500. The maximum Gasteiger partial charge on any atom is 0.229 e. The molecule has 2 rings (SSSR count). The average molecular weight is 292 g/mol. The summed E-state index contributed by atoms with van der Waals surface area (Å²) in [5, 5.41) is 2.73. The molecule has 1 aliphatic rings. The van der Waals surface area contributed by atoms with Crippen molar-refractivity contribution in [1.82, 2.24) is 4.90 Å². The fourth-order valence-corrected chi connectivity index (χ4v) is 2.49. The van der Waals surface area contributed by atoms with Crippen molar-refractivity contribution in [2.45, 2.75) is 32.6 Å². The second-order valence-electron chi connectivity index (χ2n) is 5.44. The van der Waals surface area contributed by atoms with Crippen LogP contribution in [0, 0.1) is 11.7 Å². The van der Waals surface area contributed by atoms with Crippen molar-refractivity contribution in [2.75, 3.05) is 18.4 Å². The van der Waals surface area contributed by atoms with Crippen molar-refractivity contribution in [2.24, 2.45) is 5.92 Å². The van der Waals surface area contributed by atoms with E-state index in [0.717, 1.165) is 25.8 Å². The van der Waals surface area contributed by atoms with E-state index in [9.17, 15) is 14.0 Å². The Morgan fingerprint density at radius 1 is 1.33 bits per heavy atom. The fourth-order valence-electron chi connectivity index (χ4n) is 2.49. The van der Waals surface area contributed by atoms with Gasteiger partial charge in [-0.1, -0.05) is 19.8 Å². The van der Waals surface area contributed by atoms with Gasteiger partial charge in [-0.3, -0.25) is 9.59 Å². The molecule has 0 radical (unpaired) electrons. The normalized spacial score (nSPS) is 18.1. The molecule has 1 heterocycles. The van der Waals surface area contributed by atoms with E-state index in [0.29, 0.717) is 12.2 Å². The molecule has 1 aliphatic heterocycles.